The summed E-state index contributed by atoms with van der Waals surface area (Å²) in [5.74, 6) is 0. The third-order valence-corrected chi connectivity index (χ3v) is 6.24. The van der Waals surface area contributed by atoms with Gasteiger partial charge in [-0.25, -0.2) is 0 Å². The summed E-state index contributed by atoms with van der Waals surface area (Å²) in [5.41, 5.74) is 2.22. The molecule has 0 atom stereocenters. The van der Waals surface area contributed by atoms with Gasteiger partial charge >= 0.3 is 21.2 Å². The monoisotopic (exact) mass is 404 g/mol. The van der Waals surface area contributed by atoms with Gasteiger partial charge in [-0.05, 0) is 36.4 Å². The highest BCUT2D eigenvalue weighted by molar-refractivity contribution is 7.80. The molecule has 3 aromatic rings. The topological polar surface area (TPSA) is 12.0 Å². The molecule has 3 rings (SSSR count). The summed E-state index contributed by atoms with van der Waals surface area (Å²) < 4.78 is 2.81. The maximum atomic E-state index is 4.51. The number of anilines is 2. The fourth-order valence-electron chi connectivity index (χ4n) is 1.96. The fourth-order valence-corrected chi connectivity index (χ4v) is 4.62. The van der Waals surface area contributed by atoms with E-state index in [2.05, 4.69) is 78.6 Å². The van der Waals surface area contributed by atoms with E-state index in [4.69, 9.17) is 0 Å². The predicted octanol–water partition coefficient (Wildman–Crippen LogP) is 1.85. The second-order valence-electron chi connectivity index (χ2n) is 4.51. The molecule has 0 fully saturated rings. The minimum Gasteiger partial charge on any atom is -0.351 e. The number of para-hydroxylation sites is 2. The first-order chi connectivity index (χ1) is 10.3. The van der Waals surface area contributed by atoms with E-state index in [0.717, 1.165) is 10.6 Å². The summed E-state index contributed by atoms with van der Waals surface area (Å²) in [4.78, 5) is 0.963. The van der Waals surface area contributed by atoms with E-state index in [1.807, 2.05) is 18.2 Å². The Kier molecular flexibility index (Phi) is 4.83. The van der Waals surface area contributed by atoms with Crippen molar-refractivity contribution in [1.82, 2.24) is 0 Å². The molecule has 1 nitrogen and oxygen atoms in total. The van der Waals surface area contributed by atoms with Crippen molar-refractivity contribution in [2.24, 2.45) is 0 Å². The predicted molar refractivity (Wildman–Crippen MR) is 87.3 cm³/mol. The standard InChI is InChI=1S/C18H14INS/c21-18-13-7-6-12-17(18)20-16-11-5-4-10-15(16)19-14-8-2-1-3-9-14/h1-13,20H/p+1. The van der Waals surface area contributed by atoms with E-state index in [0.29, 0.717) is 0 Å². The maximum absolute atomic E-state index is 4.51. The molecule has 0 bridgehead atoms. The molecule has 0 saturated carbocycles. The Morgan fingerprint density at radius 3 is 2.05 bits per heavy atom. The van der Waals surface area contributed by atoms with Crippen LogP contribution in [-0.2, 0) is 0 Å². The number of hydrogen-bond donors (Lipinski definition) is 2. The lowest BCUT2D eigenvalue weighted by Gasteiger charge is -2.08. The van der Waals surface area contributed by atoms with Crippen LogP contribution < -0.4 is 26.5 Å². The number of hydrogen-bond acceptors (Lipinski definition) is 2. The molecule has 0 heterocycles. The minimum absolute atomic E-state index is 0.189. The fraction of sp³-hybridized carbons (Fsp3) is 0. The van der Waals surface area contributed by atoms with Gasteiger partial charge in [0, 0.05) is 4.90 Å². The van der Waals surface area contributed by atoms with E-state index in [1.54, 1.807) is 0 Å². The summed E-state index contributed by atoms with van der Waals surface area (Å²) >= 11 is 4.32. The number of benzene rings is 3. The Balaban J connectivity index is 1.88. The largest absolute Gasteiger partial charge is 0.360 e. The number of halogens is 1. The van der Waals surface area contributed by atoms with Crippen molar-refractivity contribution < 1.29 is 21.2 Å². The van der Waals surface area contributed by atoms with Crippen molar-refractivity contribution in [3.8, 4) is 0 Å². The average molecular weight is 404 g/mol. The van der Waals surface area contributed by atoms with Crippen LogP contribution in [0.15, 0.2) is 83.8 Å². The first kappa shape index (κ1) is 14.5. The van der Waals surface area contributed by atoms with E-state index >= 15 is 0 Å². The normalized spacial score (nSPS) is 10.3. The number of rotatable bonds is 4. The van der Waals surface area contributed by atoms with Gasteiger partial charge in [0.05, 0.1) is 11.4 Å². The lowest BCUT2D eigenvalue weighted by atomic mass is 10.3. The zero-order valence-corrected chi connectivity index (χ0v) is 14.4. The van der Waals surface area contributed by atoms with Crippen LogP contribution in [0.5, 0.6) is 0 Å². The molecule has 0 radical (unpaired) electrons. The second kappa shape index (κ2) is 7.00. The molecule has 104 valence electrons. The van der Waals surface area contributed by atoms with E-state index in [9.17, 15) is 0 Å². The van der Waals surface area contributed by atoms with Crippen molar-refractivity contribution in [3.05, 3.63) is 86.0 Å². The second-order valence-corrected chi connectivity index (χ2v) is 7.94. The van der Waals surface area contributed by atoms with Crippen molar-refractivity contribution >= 4 is 24.0 Å². The molecule has 0 saturated heterocycles. The van der Waals surface area contributed by atoms with Crippen molar-refractivity contribution in [3.63, 3.8) is 0 Å². The molecule has 0 aliphatic heterocycles. The van der Waals surface area contributed by atoms with Crippen LogP contribution in [0.1, 0.15) is 0 Å². The first-order valence-corrected chi connectivity index (χ1v) is 9.27. The van der Waals surface area contributed by atoms with Crippen LogP contribution in [0, 0.1) is 7.14 Å². The molecule has 0 spiro atoms. The number of thiol groups is 1. The van der Waals surface area contributed by atoms with Crippen LogP contribution in [0.4, 0.5) is 11.4 Å². The zero-order chi connectivity index (χ0) is 14.5. The van der Waals surface area contributed by atoms with Crippen LogP contribution >= 0.6 is 12.6 Å². The van der Waals surface area contributed by atoms with Gasteiger partial charge in [-0.2, -0.15) is 0 Å². The molecular weight excluding hydrogens is 389 g/mol. The highest BCUT2D eigenvalue weighted by Crippen LogP contribution is 2.23. The molecule has 1 N–H and O–H groups in total. The van der Waals surface area contributed by atoms with E-state index < -0.39 is 0 Å². The summed E-state index contributed by atoms with van der Waals surface area (Å²) in [5, 5.41) is 3.51. The van der Waals surface area contributed by atoms with Crippen LogP contribution in [0.3, 0.4) is 0 Å². The molecular formula is C18H15INS+. The van der Waals surface area contributed by atoms with Gasteiger partial charge in [-0.3, -0.25) is 0 Å². The van der Waals surface area contributed by atoms with Gasteiger partial charge in [0.1, 0.15) is 0 Å². The summed E-state index contributed by atoms with van der Waals surface area (Å²) in [7, 11) is 0. The highest BCUT2D eigenvalue weighted by Gasteiger charge is 2.19. The molecule has 0 aliphatic carbocycles. The van der Waals surface area contributed by atoms with Gasteiger partial charge < -0.3 is 5.32 Å². The average Bonchev–Trinajstić information content (AvgIpc) is 2.52. The van der Waals surface area contributed by atoms with E-state index in [1.165, 1.54) is 12.8 Å². The SMILES string of the molecule is Sc1ccccc1Nc1ccccc1[I+]c1ccccc1. The Morgan fingerprint density at radius 1 is 0.667 bits per heavy atom. The van der Waals surface area contributed by atoms with Crippen molar-refractivity contribution in [2.75, 3.05) is 5.32 Å². The lowest BCUT2D eigenvalue weighted by Crippen LogP contribution is -3.61. The Bertz CT molecular complexity index is 728. The third kappa shape index (κ3) is 3.80. The summed E-state index contributed by atoms with van der Waals surface area (Å²) in [6.07, 6.45) is 0. The summed E-state index contributed by atoms with van der Waals surface area (Å²) in [6.45, 7) is 0. The maximum Gasteiger partial charge on any atom is 0.360 e. The Labute approximate surface area is 141 Å². The minimum atomic E-state index is -0.189. The third-order valence-electron chi connectivity index (χ3n) is 2.99. The molecule has 3 heteroatoms. The Morgan fingerprint density at radius 2 is 1.29 bits per heavy atom. The van der Waals surface area contributed by atoms with Crippen LogP contribution in [0.25, 0.3) is 0 Å². The van der Waals surface area contributed by atoms with Gasteiger partial charge in [-0.15, -0.1) is 12.6 Å². The van der Waals surface area contributed by atoms with Crippen molar-refractivity contribution in [1.29, 1.82) is 0 Å². The quantitative estimate of drug-likeness (QED) is 0.500. The number of nitrogens with one attached hydrogen (secondary N) is 1. The molecule has 0 amide bonds. The van der Waals surface area contributed by atoms with Gasteiger partial charge in [-0.1, -0.05) is 42.5 Å². The van der Waals surface area contributed by atoms with Crippen LogP contribution in [-0.4, -0.2) is 0 Å². The molecule has 0 unspecified atom stereocenters. The molecule has 21 heavy (non-hydrogen) atoms. The smallest absolute Gasteiger partial charge is 0.351 e. The Hall–Kier alpha value is -1.46. The molecule has 0 aliphatic rings. The first-order valence-electron chi connectivity index (χ1n) is 6.67. The lowest BCUT2D eigenvalue weighted by molar-refractivity contribution is -0.596. The highest BCUT2D eigenvalue weighted by atomic mass is 127. The summed E-state index contributed by atoms with van der Waals surface area (Å²) in [6, 6.07) is 27.3. The van der Waals surface area contributed by atoms with Gasteiger partial charge in [0.2, 0.25) is 3.57 Å². The van der Waals surface area contributed by atoms with Gasteiger partial charge in [0.15, 0.2) is 3.57 Å². The van der Waals surface area contributed by atoms with Gasteiger partial charge in [0.25, 0.3) is 0 Å². The van der Waals surface area contributed by atoms with Crippen LogP contribution in [0.2, 0.25) is 0 Å². The van der Waals surface area contributed by atoms with E-state index in [-0.39, 0.29) is 21.2 Å². The van der Waals surface area contributed by atoms with Crippen molar-refractivity contribution in [2.45, 2.75) is 4.90 Å². The zero-order valence-electron chi connectivity index (χ0n) is 11.3. The molecule has 3 aromatic carbocycles. The molecule has 0 aromatic heterocycles.